The summed E-state index contributed by atoms with van der Waals surface area (Å²) < 4.78 is 5.33. The maximum absolute atomic E-state index is 4.51. The van der Waals surface area contributed by atoms with Gasteiger partial charge in [0.05, 0.1) is 11.2 Å². The van der Waals surface area contributed by atoms with Crippen LogP contribution in [0.5, 0.6) is 0 Å². The van der Waals surface area contributed by atoms with E-state index in [-0.39, 0.29) is 0 Å². The minimum absolute atomic E-state index is 0.925. The average Bonchev–Trinajstić information content (AvgIpc) is 2.90. The quantitative estimate of drug-likeness (QED) is 0.743. The summed E-state index contributed by atoms with van der Waals surface area (Å²) in [4.78, 5) is 8.80. The number of nitrogens with zero attached hydrogens (tertiary/aromatic N) is 3. The molecule has 1 aromatic carbocycles. The van der Waals surface area contributed by atoms with E-state index in [2.05, 4.69) is 39.8 Å². The molecule has 20 heavy (non-hydrogen) atoms. The number of nitrogens with one attached hydrogen (secondary N) is 1. The van der Waals surface area contributed by atoms with E-state index in [4.69, 9.17) is 0 Å². The van der Waals surface area contributed by atoms with Gasteiger partial charge in [0.25, 0.3) is 0 Å². The predicted molar refractivity (Wildman–Crippen MR) is 83.8 cm³/mol. The van der Waals surface area contributed by atoms with E-state index in [9.17, 15) is 0 Å². The number of pyridine rings is 1. The van der Waals surface area contributed by atoms with Crippen molar-refractivity contribution in [2.75, 3.05) is 4.72 Å². The number of hydrogen-bond donors (Lipinski definition) is 1. The van der Waals surface area contributed by atoms with E-state index in [1.165, 1.54) is 22.9 Å². The Labute approximate surface area is 122 Å². The predicted octanol–water partition coefficient (Wildman–Crippen LogP) is 3.65. The van der Waals surface area contributed by atoms with Crippen LogP contribution < -0.4 is 4.72 Å². The zero-order valence-corrected chi connectivity index (χ0v) is 12.3. The van der Waals surface area contributed by atoms with Crippen molar-refractivity contribution in [1.29, 1.82) is 0 Å². The highest BCUT2D eigenvalue weighted by Gasteiger charge is 2.07. The molecule has 2 heterocycles. The van der Waals surface area contributed by atoms with Crippen LogP contribution >= 0.6 is 11.9 Å². The highest BCUT2D eigenvalue weighted by Crippen LogP contribution is 2.28. The Morgan fingerprint density at radius 3 is 2.85 bits per heavy atom. The zero-order chi connectivity index (χ0) is 13.9. The summed E-state index contributed by atoms with van der Waals surface area (Å²) in [6.07, 6.45) is 6.56. The van der Waals surface area contributed by atoms with E-state index in [0.29, 0.717) is 0 Å². The third kappa shape index (κ3) is 2.36. The molecule has 0 bridgehead atoms. The van der Waals surface area contributed by atoms with Crippen LogP contribution in [0.15, 0.2) is 48.0 Å². The van der Waals surface area contributed by atoms with E-state index in [0.717, 1.165) is 22.8 Å². The van der Waals surface area contributed by atoms with Crippen molar-refractivity contribution < 1.29 is 0 Å². The van der Waals surface area contributed by atoms with Gasteiger partial charge in [0.1, 0.15) is 0 Å². The first-order valence-corrected chi connectivity index (χ1v) is 7.38. The number of anilines is 1. The molecule has 0 atom stereocenters. The van der Waals surface area contributed by atoms with Crippen LogP contribution in [-0.4, -0.2) is 14.5 Å². The third-order valence-electron chi connectivity index (χ3n) is 3.27. The molecule has 0 fully saturated rings. The monoisotopic (exact) mass is 284 g/mol. The Morgan fingerprint density at radius 2 is 2.10 bits per heavy atom. The molecular formula is C15H16N4S. The fourth-order valence-corrected chi connectivity index (χ4v) is 2.86. The molecule has 0 unspecified atom stereocenters. The van der Waals surface area contributed by atoms with E-state index in [1.54, 1.807) is 6.20 Å². The fraction of sp³-hybridized carbons (Fsp3) is 0.200. The summed E-state index contributed by atoms with van der Waals surface area (Å²) >= 11 is 1.50. The summed E-state index contributed by atoms with van der Waals surface area (Å²) in [5, 5.41) is 2.13. The van der Waals surface area contributed by atoms with Crippen LogP contribution in [0.4, 0.5) is 5.69 Å². The lowest BCUT2D eigenvalue weighted by Gasteiger charge is -2.10. The lowest BCUT2D eigenvalue weighted by Crippen LogP contribution is -1.96. The van der Waals surface area contributed by atoms with Gasteiger partial charge in [-0.1, -0.05) is 19.1 Å². The van der Waals surface area contributed by atoms with Gasteiger partial charge >= 0.3 is 0 Å². The lowest BCUT2D eigenvalue weighted by molar-refractivity contribution is 0.791. The Morgan fingerprint density at radius 1 is 1.20 bits per heavy atom. The first-order valence-electron chi connectivity index (χ1n) is 6.56. The highest BCUT2D eigenvalue weighted by atomic mass is 32.2. The molecule has 1 N–H and O–H groups in total. The molecule has 4 nitrogen and oxygen atoms in total. The summed E-state index contributed by atoms with van der Waals surface area (Å²) in [7, 11) is 1.98. The van der Waals surface area contributed by atoms with Crippen LogP contribution in [0.3, 0.4) is 0 Å². The number of rotatable bonds is 4. The summed E-state index contributed by atoms with van der Waals surface area (Å²) in [6.45, 7) is 2.16. The SMILES string of the molecule is CCc1ccc(NSc2nccn2C)c2ncccc12. The molecule has 3 rings (SSSR count). The van der Waals surface area contributed by atoms with E-state index in [1.807, 2.05) is 30.1 Å². The maximum Gasteiger partial charge on any atom is 0.188 e. The lowest BCUT2D eigenvalue weighted by atomic mass is 10.1. The van der Waals surface area contributed by atoms with Crippen molar-refractivity contribution >= 4 is 28.5 Å². The van der Waals surface area contributed by atoms with Crippen molar-refractivity contribution in [2.24, 2.45) is 7.05 Å². The summed E-state index contributed by atoms with van der Waals surface area (Å²) in [5.74, 6) is 0. The molecule has 5 heteroatoms. The second kappa shape index (κ2) is 5.54. The molecule has 0 saturated carbocycles. The van der Waals surface area contributed by atoms with Gasteiger partial charge < -0.3 is 9.29 Å². The normalized spacial score (nSPS) is 10.9. The molecule has 0 amide bonds. The average molecular weight is 284 g/mol. The van der Waals surface area contributed by atoms with Crippen LogP contribution in [0.1, 0.15) is 12.5 Å². The van der Waals surface area contributed by atoms with Gasteiger partial charge in [0, 0.05) is 43.0 Å². The number of benzene rings is 1. The minimum atomic E-state index is 0.925. The second-order valence-electron chi connectivity index (χ2n) is 4.55. The zero-order valence-electron chi connectivity index (χ0n) is 11.5. The Bertz CT molecular complexity index is 736. The first kappa shape index (κ1) is 13.0. The van der Waals surface area contributed by atoms with Gasteiger partial charge in [0.15, 0.2) is 5.16 Å². The van der Waals surface area contributed by atoms with Crippen molar-refractivity contribution in [3.05, 3.63) is 48.4 Å². The Balaban J connectivity index is 1.94. The molecule has 0 aliphatic carbocycles. The molecule has 0 aliphatic rings. The minimum Gasteiger partial charge on any atom is -0.328 e. The van der Waals surface area contributed by atoms with Gasteiger partial charge in [0.2, 0.25) is 0 Å². The van der Waals surface area contributed by atoms with Crippen LogP contribution in [-0.2, 0) is 13.5 Å². The number of aromatic nitrogens is 3. The molecule has 0 aliphatic heterocycles. The maximum atomic E-state index is 4.51. The fourth-order valence-electron chi connectivity index (χ4n) is 2.17. The molecule has 0 spiro atoms. The summed E-state index contributed by atoms with van der Waals surface area (Å²) in [6, 6.07) is 8.35. The van der Waals surface area contributed by atoms with Gasteiger partial charge in [-0.3, -0.25) is 4.98 Å². The number of fused-ring (bicyclic) bond motifs is 1. The second-order valence-corrected chi connectivity index (χ2v) is 5.32. The van der Waals surface area contributed by atoms with Crippen molar-refractivity contribution in [2.45, 2.75) is 18.5 Å². The van der Waals surface area contributed by atoms with Crippen molar-refractivity contribution in [3.63, 3.8) is 0 Å². The largest absolute Gasteiger partial charge is 0.328 e. The molecule has 3 aromatic rings. The highest BCUT2D eigenvalue weighted by molar-refractivity contribution is 8.00. The van der Waals surface area contributed by atoms with Crippen LogP contribution in [0.2, 0.25) is 0 Å². The Kier molecular flexibility index (Phi) is 3.60. The van der Waals surface area contributed by atoms with Crippen LogP contribution in [0.25, 0.3) is 10.9 Å². The Hall–Kier alpha value is -2.01. The number of imidazole rings is 1. The van der Waals surface area contributed by atoms with Gasteiger partial charge in [-0.2, -0.15) is 0 Å². The van der Waals surface area contributed by atoms with Crippen LogP contribution in [0, 0.1) is 0 Å². The molecule has 0 saturated heterocycles. The van der Waals surface area contributed by atoms with Crippen molar-refractivity contribution in [1.82, 2.24) is 14.5 Å². The smallest absolute Gasteiger partial charge is 0.188 e. The molecular weight excluding hydrogens is 268 g/mol. The van der Waals surface area contributed by atoms with Gasteiger partial charge in [-0.05, 0) is 24.1 Å². The number of aryl methyl sites for hydroxylation is 2. The first-order chi connectivity index (χ1) is 9.79. The van der Waals surface area contributed by atoms with Gasteiger partial charge in [-0.15, -0.1) is 0 Å². The third-order valence-corrected chi connectivity index (χ3v) is 4.17. The topological polar surface area (TPSA) is 42.7 Å². The standard InChI is InChI=1S/C15H16N4S/c1-3-11-6-7-13(14-12(11)5-4-8-16-14)18-20-15-17-9-10-19(15)2/h4-10,18H,3H2,1-2H3. The molecule has 0 radical (unpaired) electrons. The van der Waals surface area contributed by atoms with Crippen molar-refractivity contribution in [3.8, 4) is 0 Å². The molecule has 2 aromatic heterocycles. The van der Waals surface area contributed by atoms with E-state index < -0.39 is 0 Å². The molecule has 102 valence electrons. The number of hydrogen-bond acceptors (Lipinski definition) is 4. The van der Waals surface area contributed by atoms with Gasteiger partial charge in [-0.25, -0.2) is 4.98 Å². The summed E-state index contributed by atoms with van der Waals surface area (Å²) in [5.41, 5.74) is 3.35. The van der Waals surface area contributed by atoms with E-state index >= 15 is 0 Å².